The van der Waals surface area contributed by atoms with Crippen molar-refractivity contribution in [2.45, 2.75) is 39.2 Å². The van der Waals surface area contributed by atoms with Crippen molar-refractivity contribution in [1.82, 2.24) is 5.32 Å². The molecule has 110 valence electrons. The zero-order valence-electron chi connectivity index (χ0n) is 12.4. The molecule has 0 bridgehead atoms. The van der Waals surface area contributed by atoms with Gasteiger partial charge in [-0.1, -0.05) is 26.0 Å². The average molecular weight is 276 g/mol. The molecular weight excluding hydrogens is 252 g/mol. The summed E-state index contributed by atoms with van der Waals surface area (Å²) in [6.45, 7) is 6.19. The summed E-state index contributed by atoms with van der Waals surface area (Å²) in [5.74, 6) is 1.51. The number of hydrogen-bond acceptors (Lipinski definition) is 4. The van der Waals surface area contributed by atoms with Gasteiger partial charge in [0.05, 0.1) is 25.3 Å². The van der Waals surface area contributed by atoms with Crippen molar-refractivity contribution in [3.05, 3.63) is 24.3 Å². The van der Waals surface area contributed by atoms with E-state index >= 15 is 0 Å². The third-order valence-electron chi connectivity index (χ3n) is 2.77. The van der Waals surface area contributed by atoms with Crippen LogP contribution in [-0.2, 0) is 0 Å². The molecule has 0 aliphatic rings. The van der Waals surface area contributed by atoms with Gasteiger partial charge in [-0.3, -0.25) is 0 Å². The second-order valence-electron chi connectivity index (χ2n) is 4.57. The molecule has 4 heteroatoms. The Kier molecular flexibility index (Phi) is 8.25. The van der Waals surface area contributed by atoms with Crippen LogP contribution in [0, 0.1) is 11.3 Å². The summed E-state index contributed by atoms with van der Waals surface area (Å²) in [7, 11) is 0. The largest absolute Gasteiger partial charge is 0.490 e. The standard InChI is InChI=1S/C16H24N2O2/c1-3-10-18-14(13-17)9-12-20-16-8-6-5-7-15(16)19-11-4-2/h5-8,14,18H,3-4,9-12H2,1-2H3. The van der Waals surface area contributed by atoms with Crippen molar-refractivity contribution >= 4 is 0 Å². The van der Waals surface area contributed by atoms with Crippen LogP contribution in [0.1, 0.15) is 33.1 Å². The van der Waals surface area contributed by atoms with Crippen LogP contribution in [0.15, 0.2) is 24.3 Å². The van der Waals surface area contributed by atoms with Crippen LogP contribution >= 0.6 is 0 Å². The maximum Gasteiger partial charge on any atom is 0.161 e. The van der Waals surface area contributed by atoms with Crippen LogP contribution in [-0.4, -0.2) is 25.8 Å². The van der Waals surface area contributed by atoms with E-state index in [2.05, 4.69) is 25.2 Å². The topological polar surface area (TPSA) is 54.3 Å². The van der Waals surface area contributed by atoms with Crippen molar-refractivity contribution in [3.8, 4) is 17.6 Å². The lowest BCUT2D eigenvalue weighted by atomic mass is 10.2. The van der Waals surface area contributed by atoms with Gasteiger partial charge >= 0.3 is 0 Å². The zero-order valence-corrected chi connectivity index (χ0v) is 12.4. The smallest absolute Gasteiger partial charge is 0.161 e. The maximum atomic E-state index is 9.03. The average Bonchev–Trinajstić information content (AvgIpc) is 2.49. The molecule has 0 fully saturated rings. The lowest BCUT2D eigenvalue weighted by Crippen LogP contribution is -2.29. The Morgan fingerprint density at radius 2 is 1.75 bits per heavy atom. The number of para-hydroxylation sites is 2. The molecule has 0 saturated carbocycles. The predicted octanol–water partition coefficient (Wildman–Crippen LogP) is 3.14. The molecule has 0 radical (unpaired) electrons. The van der Waals surface area contributed by atoms with E-state index in [0.717, 1.165) is 30.9 Å². The van der Waals surface area contributed by atoms with Crippen LogP contribution in [0.3, 0.4) is 0 Å². The SMILES string of the molecule is CCCNC(C#N)CCOc1ccccc1OCCC. The molecule has 1 aromatic rings. The Morgan fingerprint density at radius 3 is 2.30 bits per heavy atom. The lowest BCUT2D eigenvalue weighted by Gasteiger charge is -2.14. The predicted molar refractivity (Wildman–Crippen MR) is 80.0 cm³/mol. The summed E-state index contributed by atoms with van der Waals surface area (Å²) in [6.07, 6.45) is 2.65. The van der Waals surface area contributed by atoms with Gasteiger partial charge < -0.3 is 14.8 Å². The third-order valence-corrected chi connectivity index (χ3v) is 2.77. The van der Waals surface area contributed by atoms with Gasteiger partial charge in [0, 0.05) is 6.42 Å². The molecular formula is C16H24N2O2. The molecule has 0 aliphatic heterocycles. The Morgan fingerprint density at radius 1 is 1.10 bits per heavy atom. The summed E-state index contributed by atoms with van der Waals surface area (Å²) < 4.78 is 11.4. The first-order valence-electron chi connectivity index (χ1n) is 7.29. The molecule has 0 saturated heterocycles. The highest BCUT2D eigenvalue weighted by Crippen LogP contribution is 2.26. The minimum absolute atomic E-state index is 0.154. The van der Waals surface area contributed by atoms with E-state index < -0.39 is 0 Å². The van der Waals surface area contributed by atoms with E-state index in [-0.39, 0.29) is 6.04 Å². The van der Waals surface area contributed by atoms with Gasteiger partial charge in [0.1, 0.15) is 0 Å². The highest BCUT2D eigenvalue weighted by Gasteiger charge is 2.08. The van der Waals surface area contributed by atoms with Crippen molar-refractivity contribution < 1.29 is 9.47 Å². The molecule has 0 spiro atoms. The third kappa shape index (κ3) is 5.94. The molecule has 0 aromatic heterocycles. The first-order chi connectivity index (χ1) is 9.81. The van der Waals surface area contributed by atoms with E-state index in [1.54, 1.807) is 0 Å². The molecule has 4 nitrogen and oxygen atoms in total. The fourth-order valence-electron chi connectivity index (χ4n) is 1.72. The van der Waals surface area contributed by atoms with Gasteiger partial charge in [-0.05, 0) is 31.5 Å². The Balaban J connectivity index is 2.42. The number of hydrogen-bond donors (Lipinski definition) is 1. The number of ether oxygens (including phenoxy) is 2. The number of nitrogens with zero attached hydrogens (tertiary/aromatic N) is 1. The zero-order chi connectivity index (χ0) is 14.6. The van der Waals surface area contributed by atoms with Gasteiger partial charge in [-0.25, -0.2) is 0 Å². The van der Waals surface area contributed by atoms with Crippen molar-refractivity contribution in [2.75, 3.05) is 19.8 Å². The van der Waals surface area contributed by atoms with E-state index in [9.17, 15) is 0 Å². The summed E-state index contributed by atoms with van der Waals surface area (Å²) in [4.78, 5) is 0. The molecule has 0 aliphatic carbocycles. The minimum Gasteiger partial charge on any atom is -0.490 e. The Labute approximate surface area is 121 Å². The van der Waals surface area contributed by atoms with E-state index in [1.807, 2.05) is 24.3 Å². The van der Waals surface area contributed by atoms with Crippen LogP contribution in [0.2, 0.25) is 0 Å². The lowest BCUT2D eigenvalue weighted by molar-refractivity contribution is 0.260. The molecule has 1 unspecified atom stereocenters. The van der Waals surface area contributed by atoms with Gasteiger partial charge in [-0.15, -0.1) is 0 Å². The molecule has 0 heterocycles. The van der Waals surface area contributed by atoms with Gasteiger partial charge in [0.15, 0.2) is 11.5 Å². The highest BCUT2D eigenvalue weighted by molar-refractivity contribution is 5.39. The molecule has 20 heavy (non-hydrogen) atoms. The Bertz CT molecular complexity index is 415. The molecule has 1 aromatic carbocycles. The minimum atomic E-state index is -0.154. The van der Waals surface area contributed by atoms with Crippen LogP contribution in [0.4, 0.5) is 0 Å². The number of nitriles is 1. The van der Waals surface area contributed by atoms with Gasteiger partial charge in [-0.2, -0.15) is 5.26 Å². The van der Waals surface area contributed by atoms with E-state index in [0.29, 0.717) is 19.6 Å². The quantitative estimate of drug-likeness (QED) is 0.713. The highest BCUT2D eigenvalue weighted by atomic mass is 16.5. The molecule has 1 N–H and O–H groups in total. The normalized spacial score (nSPS) is 11.7. The molecule has 1 rings (SSSR count). The Hall–Kier alpha value is -1.73. The number of rotatable bonds is 10. The number of benzene rings is 1. The summed E-state index contributed by atoms with van der Waals surface area (Å²) >= 11 is 0. The monoisotopic (exact) mass is 276 g/mol. The van der Waals surface area contributed by atoms with Crippen molar-refractivity contribution in [3.63, 3.8) is 0 Å². The fourth-order valence-corrected chi connectivity index (χ4v) is 1.72. The van der Waals surface area contributed by atoms with E-state index in [4.69, 9.17) is 14.7 Å². The second-order valence-corrected chi connectivity index (χ2v) is 4.57. The van der Waals surface area contributed by atoms with Gasteiger partial charge in [0.2, 0.25) is 0 Å². The number of nitrogens with one attached hydrogen (secondary N) is 1. The molecule has 0 amide bonds. The summed E-state index contributed by atoms with van der Waals surface area (Å²) in [5.41, 5.74) is 0. The van der Waals surface area contributed by atoms with Gasteiger partial charge in [0.25, 0.3) is 0 Å². The molecule has 1 atom stereocenters. The summed E-state index contributed by atoms with van der Waals surface area (Å²) in [6, 6.07) is 9.75. The van der Waals surface area contributed by atoms with Crippen molar-refractivity contribution in [2.24, 2.45) is 0 Å². The van der Waals surface area contributed by atoms with Crippen molar-refractivity contribution in [1.29, 1.82) is 5.26 Å². The van der Waals surface area contributed by atoms with Crippen LogP contribution in [0.5, 0.6) is 11.5 Å². The van der Waals surface area contributed by atoms with Crippen LogP contribution in [0.25, 0.3) is 0 Å². The first-order valence-corrected chi connectivity index (χ1v) is 7.29. The fraction of sp³-hybridized carbons (Fsp3) is 0.562. The maximum absolute atomic E-state index is 9.03. The second kappa shape index (κ2) is 10.1. The van der Waals surface area contributed by atoms with Crippen LogP contribution < -0.4 is 14.8 Å². The first kappa shape index (κ1) is 16.3. The summed E-state index contributed by atoms with van der Waals surface area (Å²) in [5, 5.41) is 12.2. The van der Waals surface area contributed by atoms with E-state index in [1.165, 1.54) is 0 Å².